The second-order valence-electron chi connectivity index (χ2n) is 12.7. The molecule has 16 nitrogen and oxygen atoms in total. The third-order valence-electron chi connectivity index (χ3n) is 7.59. The van der Waals surface area contributed by atoms with Gasteiger partial charge in [-0.3, -0.25) is 39.1 Å². The van der Waals surface area contributed by atoms with Crippen LogP contribution in [0.2, 0.25) is 0 Å². The summed E-state index contributed by atoms with van der Waals surface area (Å²) in [7, 11) is 0. The van der Waals surface area contributed by atoms with Gasteiger partial charge in [0, 0.05) is 24.2 Å². The molecule has 2 aromatic carbocycles. The van der Waals surface area contributed by atoms with Crippen molar-refractivity contribution < 1.29 is 34.0 Å². The lowest BCUT2D eigenvalue weighted by atomic mass is 9.99. The van der Waals surface area contributed by atoms with E-state index in [4.69, 9.17) is 17.3 Å². The maximum absolute atomic E-state index is 13.7. The van der Waals surface area contributed by atoms with Crippen molar-refractivity contribution in [2.45, 2.75) is 75.2 Å². The van der Waals surface area contributed by atoms with Crippen molar-refractivity contribution in [3.63, 3.8) is 0 Å². The number of nitro benzene ring substituents is 1. The Balaban J connectivity index is 1.57. The Hall–Kier alpha value is -5.22. The summed E-state index contributed by atoms with van der Waals surface area (Å²) in [6, 6.07) is 8.52. The molecule has 6 N–H and O–H groups in total. The Morgan fingerprint density at radius 1 is 1.10 bits per heavy atom. The van der Waals surface area contributed by atoms with E-state index in [-0.39, 0.29) is 41.8 Å². The third kappa shape index (κ3) is 9.67. The average Bonchev–Trinajstić information content (AvgIpc) is 3.44. The lowest BCUT2D eigenvalue weighted by Crippen LogP contribution is -2.59. The van der Waals surface area contributed by atoms with E-state index in [1.165, 1.54) is 23.1 Å². The molecule has 3 aromatic rings. The molecule has 0 bridgehead atoms. The van der Waals surface area contributed by atoms with Gasteiger partial charge in [-0.15, -0.1) is 11.6 Å². The van der Waals surface area contributed by atoms with Crippen molar-refractivity contribution in [3.05, 3.63) is 76.1 Å². The molecule has 0 spiro atoms. The van der Waals surface area contributed by atoms with E-state index in [1.54, 1.807) is 51.1 Å². The quantitative estimate of drug-likeness (QED) is 0.101. The van der Waals surface area contributed by atoms with Crippen molar-refractivity contribution in [2.24, 2.45) is 5.73 Å². The van der Waals surface area contributed by atoms with E-state index < -0.39 is 76.0 Å². The maximum Gasteiger partial charge on any atom is 0.272 e. The van der Waals surface area contributed by atoms with E-state index in [1.807, 2.05) is 0 Å². The highest BCUT2D eigenvalue weighted by molar-refractivity contribution is 6.21. The van der Waals surface area contributed by atoms with Crippen LogP contribution in [0.4, 0.5) is 5.69 Å². The number of hydrogen-bond donors (Lipinski definition) is 5. The molecule has 5 amide bonds. The molecular formula is C32H37ClN8O8. The van der Waals surface area contributed by atoms with Crippen LogP contribution < -0.4 is 21.7 Å². The van der Waals surface area contributed by atoms with Crippen LogP contribution in [0.1, 0.15) is 49.7 Å². The number of nitrogens with two attached hydrogens (primary N) is 1. The summed E-state index contributed by atoms with van der Waals surface area (Å²) in [4.78, 5) is 85.4. The van der Waals surface area contributed by atoms with Crippen LogP contribution in [0, 0.1) is 10.1 Å². The van der Waals surface area contributed by atoms with Gasteiger partial charge in [0.2, 0.25) is 17.7 Å². The van der Waals surface area contributed by atoms with Gasteiger partial charge in [0.05, 0.1) is 40.0 Å². The van der Waals surface area contributed by atoms with Crippen molar-refractivity contribution in [2.75, 3.05) is 6.54 Å². The summed E-state index contributed by atoms with van der Waals surface area (Å²) in [5.41, 5.74) is 5.26. The number of benzene rings is 2. The number of rotatable bonds is 12. The molecule has 1 aliphatic heterocycles. The van der Waals surface area contributed by atoms with Gasteiger partial charge in [-0.1, -0.05) is 30.3 Å². The number of primary amides is 1. The van der Waals surface area contributed by atoms with Gasteiger partial charge in [0.1, 0.15) is 17.8 Å². The number of likely N-dealkylation sites (tertiary alicyclic amines) is 1. The predicted octanol–water partition coefficient (Wildman–Crippen LogP) is 0.723. The van der Waals surface area contributed by atoms with E-state index in [9.17, 15) is 39.2 Å². The highest BCUT2D eigenvalue weighted by Gasteiger charge is 2.43. The zero-order valence-corrected chi connectivity index (χ0v) is 27.7. The molecule has 17 heteroatoms. The number of carbonyl (C=O) groups excluding carboxylic acids is 5. The molecular weight excluding hydrogens is 660 g/mol. The molecule has 4 rings (SSSR count). The molecule has 0 radical (unpaired) electrons. The molecule has 0 unspecified atom stereocenters. The number of aromatic nitrogens is 2. The molecule has 49 heavy (non-hydrogen) atoms. The number of alkyl halides is 1. The molecule has 0 aliphatic carbocycles. The Kier molecular flexibility index (Phi) is 11.5. The second-order valence-corrected chi connectivity index (χ2v) is 13.3. The molecule has 0 saturated carbocycles. The highest BCUT2D eigenvalue weighted by atomic mass is 35.5. The van der Waals surface area contributed by atoms with Gasteiger partial charge in [-0.05, 0) is 45.2 Å². The number of nitrogens with zero attached hydrogens (tertiary/aromatic N) is 4. The summed E-state index contributed by atoms with van der Waals surface area (Å²) in [5, 5.41) is 29.7. The first-order valence-corrected chi connectivity index (χ1v) is 15.8. The number of nitrogens with one attached hydrogen (secondary N) is 3. The first kappa shape index (κ1) is 36.6. The number of non-ortho nitro benzene ring substituents is 1. The predicted molar refractivity (Wildman–Crippen MR) is 177 cm³/mol. The average molecular weight is 697 g/mol. The Bertz CT molecular complexity index is 1750. The van der Waals surface area contributed by atoms with Crippen LogP contribution in [0.15, 0.2) is 54.7 Å². The number of aliphatic hydroxyl groups is 1. The summed E-state index contributed by atoms with van der Waals surface area (Å²) < 4.78 is 0. The number of amides is 5. The second kappa shape index (κ2) is 15.3. The first-order valence-electron chi connectivity index (χ1n) is 15.3. The van der Waals surface area contributed by atoms with Crippen LogP contribution in [0.25, 0.3) is 11.0 Å². The molecule has 1 saturated heterocycles. The molecule has 5 atom stereocenters. The number of fused-ring (bicyclic) bond motifs is 1. The third-order valence-corrected chi connectivity index (χ3v) is 7.91. The van der Waals surface area contributed by atoms with Gasteiger partial charge in [-0.2, -0.15) is 0 Å². The smallest absolute Gasteiger partial charge is 0.272 e. The van der Waals surface area contributed by atoms with Crippen LogP contribution in [0.5, 0.6) is 0 Å². The molecule has 1 fully saturated rings. The number of nitro groups is 1. The van der Waals surface area contributed by atoms with Crippen LogP contribution in [-0.2, 0) is 25.6 Å². The van der Waals surface area contributed by atoms with E-state index in [2.05, 4.69) is 25.9 Å². The van der Waals surface area contributed by atoms with Crippen molar-refractivity contribution in [1.29, 1.82) is 0 Å². The van der Waals surface area contributed by atoms with E-state index in [0.29, 0.717) is 5.56 Å². The minimum Gasteiger partial charge on any atom is -0.381 e. The molecule has 260 valence electrons. The topological polar surface area (TPSA) is 240 Å². The van der Waals surface area contributed by atoms with Crippen LogP contribution in [-0.4, -0.2) is 96.1 Å². The number of aliphatic hydroxyl groups excluding tert-OH is 1. The van der Waals surface area contributed by atoms with Gasteiger partial charge in [0.25, 0.3) is 17.5 Å². The number of halogens is 1. The van der Waals surface area contributed by atoms with Crippen molar-refractivity contribution in [1.82, 2.24) is 30.8 Å². The fraction of sp³-hybridized carbons (Fsp3) is 0.406. The Labute approximate surface area is 285 Å². The van der Waals surface area contributed by atoms with Gasteiger partial charge < -0.3 is 31.7 Å². The standard InChI is InChI=1S/C32H37ClN8O8/c1-32(2,3)39-30(46)25-12-18(33)16-40(25)31(47)27(43)22(11-17-7-5-4-6-8-17)37-28(44)23(14-26(34)42)38-29(45)24-15-35-21-13-19(41(48)49)9-10-20(21)36-24/h4-10,13,15,18,22-23,25,27,43H,11-12,14,16H2,1-3H3,(H2,34,42)(H,37,44)(H,38,45)(H,39,46)/t18-,22-,23-,25-,27-/m0/s1. The minimum absolute atomic E-state index is 0.0216. The monoisotopic (exact) mass is 696 g/mol. The van der Waals surface area contributed by atoms with Gasteiger partial charge in [0.15, 0.2) is 6.10 Å². The molecule has 1 aromatic heterocycles. The fourth-order valence-electron chi connectivity index (χ4n) is 5.33. The first-order chi connectivity index (χ1) is 23.0. The summed E-state index contributed by atoms with van der Waals surface area (Å²) >= 11 is 6.35. The lowest BCUT2D eigenvalue weighted by molar-refractivity contribution is -0.384. The molecule has 1 aliphatic rings. The lowest BCUT2D eigenvalue weighted by Gasteiger charge is -2.32. The van der Waals surface area contributed by atoms with Crippen molar-refractivity contribution in [3.8, 4) is 0 Å². The molecule has 2 heterocycles. The van der Waals surface area contributed by atoms with E-state index in [0.717, 1.165) is 6.20 Å². The summed E-state index contributed by atoms with van der Waals surface area (Å²) in [6.45, 7) is 5.33. The largest absolute Gasteiger partial charge is 0.381 e. The number of hydrogen-bond acceptors (Lipinski definition) is 10. The summed E-state index contributed by atoms with van der Waals surface area (Å²) in [6.07, 6.45) is -1.36. The normalized spacial score (nSPS) is 17.9. The fourth-order valence-corrected chi connectivity index (χ4v) is 5.65. The van der Waals surface area contributed by atoms with Gasteiger partial charge in [-0.25, -0.2) is 4.98 Å². The van der Waals surface area contributed by atoms with Gasteiger partial charge >= 0.3 is 0 Å². The van der Waals surface area contributed by atoms with Crippen molar-refractivity contribution >= 4 is 57.9 Å². The van der Waals surface area contributed by atoms with E-state index >= 15 is 0 Å². The summed E-state index contributed by atoms with van der Waals surface area (Å²) in [5.74, 6) is -4.09. The minimum atomic E-state index is -1.86. The van der Waals surface area contributed by atoms with Crippen LogP contribution >= 0.6 is 11.6 Å². The SMILES string of the molecule is CC(C)(C)NC(=O)[C@@H]1C[C@H](Cl)CN1C(=O)[C@@H](O)[C@H](Cc1ccccc1)NC(=O)[C@H](CC(N)=O)NC(=O)c1cnc2cc([N+](=O)[O-])ccc2n1. The Morgan fingerprint density at radius 2 is 1.80 bits per heavy atom. The Morgan fingerprint density at radius 3 is 2.43 bits per heavy atom. The zero-order valence-electron chi connectivity index (χ0n) is 27.0. The van der Waals surface area contributed by atoms with Crippen LogP contribution in [0.3, 0.4) is 0 Å². The zero-order chi connectivity index (χ0) is 36.0. The maximum atomic E-state index is 13.7. The highest BCUT2D eigenvalue weighted by Crippen LogP contribution is 2.25. The number of carbonyl (C=O) groups is 5.